The van der Waals surface area contributed by atoms with E-state index in [1.54, 1.807) is 11.8 Å². The zero-order valence-electron chi connectivity index (χ0n) is 10.5. The normalized spacial score (nSPS) is 11.4. The lowest BCUT2D eigenvalue weighted by molar-refractivity contribution is 0.0951. The quantitative estimate of drug-likeness (QED) is 0.838. The Labute approximate surface area is 121 Å². The summed E-state index contributed by atoms with van der Waals surface area (Å²) in [6.07, 6.45) is 2.00. The zero-order valence-corrected chi connectivity index (χ0v) is 12.8. The van der Waals surface area contributed by atoms with Crippen molar-refractivity contribution in [1.29, 1.82) is 0 Å². The van der Waals surface area contributed by atoms with Gasteiger partial charge in [-0.15, -0.1) is 0 Å². The van der Waals surface area contributed by atoms with Crippen molar-refractivity contribution < 1.29 is 4.79 Å². The van der Waals surface area contributed by atoms with Crippen LogP contribution in [0.5, 0.6) is 0 Å². The van der Waals surface area contributed by atoms with Crippen LogP contribution >= 0.6 is 35.0 Å². The molecule has 1 aromatic rings. The molecule has 1 aromatic carbocycles. The van der Waals surface area contributed by atoms with Gasteiger partial charge in [0.05, 0.1) is 15.6 Å². The fraction of sp³-hybridized carbons (Fsp3) is 0.417. The minimum Gasteiger partial charge on any atom is -0.399 e. The van der Waals surface area contributed by atoms with Crippen molar-refractivity contribution in [3.05, 3.63) is 27.7 Å². The fourth-order valence-corrected chi connectivity index (χ4v) is 1.88. The van der Waals surface area contributed by atoms with Gasteiger partial charge in [-0.3, -0.25) is 4.79 Å². The maximum Gasteiger partial charge on any atom is 0.252 e. The van der Waals surface area contributed by atoms with E-state index in [-0.39, 0.29) is 20.7 Å². The minimum absolute atomic E-state index is 0.0355. The third-order valence-corrected chi connectivity index (χ3v) is 4.57. The first-order valence-electron chi connectivity index (χ1n) is 5.34. The lowest BCUT2D eigenvalue weighted by Gasteiger charge is -2.22. The van der Waals surface area contributed by atoms with Gasteiger partial charge in [-0.2, -0.15) is 11.8 Å². The van der Waals surface area contributed by atoms with E-state index in [4.69, 9.17) is 28.9 Å². The summed E-state index contributed by atoms with van der Waals surface area (Å²) >= 11 is 13.6. The summed E-state index contributed by atoms with van der Waals surface area (Å²) in [4.78, 5) is 12.0. The van der Waals surface area contributed by atoms with E-state index < -0.39 is 0 Å². The number of hydrogen-bond acceptors (Lipinski definition) is 3. The highest BCUT2D eigenvalue weighted by molar-refractivity contribution is 7.99. The van der Waals surface area contributed by atoms with Crippen molar-refractivity contribution in [3.8, 4) is 0 Å². The lowest BCUT2D eigenvalue weighted by Crippen LogP contribution is -2.36. The number of rotatable bonds is 4. The van der Waals surface area contributed by atoms with Crippen molar-refractivity contribution in [3.63, 3.8) is 0 Å². The van der Waals surface area contributed by atoms with Gasteiger partial charge in [0.2, 0.25) is 0 Å². The zero-order chi connectivity index (χ0) is 13.9. The van der Waals surface area contributed by atoms with Crippen LogP contribution in [0.1, 0.15) is 24.2 Å². The van der Waals surface area contributed by atoms with Gasteiger partial charge >= 0.3 is 0 Å². The molecule has 1 amide bonds. The molecule has 0 bridgehead atoms. The van der Waals surface area contributed by atoms with Crippen LogP contribution in [0.4, 0.5) is 5.69 Å². The van der Waals surface area contributed by atoms with Crippen LogP contribution in [0, 0.1) is 0 Å². The average molecular weight is 307 g/mol. The molecule has 1 rings (SSSR count). The number of carbonyl (C=O) groups excluding carboxylic acids is 1. The Morgan fingerprint density at radius 3 is 2.61 bits per heavy atom. The van der Waals surface area contributed by atoms with Crippen molar-refractivity contribution in [2.45, 2.75) is 18.6 Å². The molecule has 0 spiro atoms. The molecule has 18 heavy (non-hydrogen) atoms. The smallest absolute Gasteiger partial charge is 0.252 e. The summed E-state index contributed by atoms with van der Waals surface area (Å²) in [5, 5.41) is 3.34. The molecule has 0 aliphatic rings. The number of amides is 1. The highest BCUT2D eigenvalue weighted by Gasteiger charge is 2.19. The van der Waals surface area contributed by atoms with Crippen molar-refractivity contribution in [1.82, 2.24) is 5.32 Å². The summed E-state index contributed by atoms with van der Waals surface area (Å²) in [6.45, 7) is 4.63. The highest BCUT2D eigenvalue weighted by atomic mass is 35.5. The van der Waals surface area contributed by atoms with Crippen LogP contribution < -0.4 is 11.1 Å². The molecule has 0 aliphatic heterocycles. The van der Waals surface area contributed by atoms with E-state index in [2.05, 4.69) is 5.32 Å². The Morgan fingerprint density at radius 1 is 1.44 bits per heavy atom. The summed E-state index contributed by atoms with van der Waals surface area (Å²) in [5.74, 6) is -0.267. The molecule has 3 nitrogen and oxygen atoms in total. The van der Waals surface area contributed by atoms with Gasteiger partial charge < -0.3 is 11.1 Å². The Bertz CT molecular complexity index is 464. The summed E-state index contributed by atoms with van der Waals surface area (Å²) in [5.41, 5.74) is 6.37. The van der Waals surface area contributed by atoms with Crippen LogP contribution in [-0.4, -0.2) is 23.5 Å². The Balaban J connectivity index is 2.85. The van der Waals surface area contributed by atoms with Gasteiger partial charge in [0.1, 0.15) is 0 Å². The molecule has 0 atom stereocenters. The van der Waals surface area contributed by atoms with Crippen molar-refractivity contribution in [2.24, 2.45) is 0 Å². The lowest BCUT2D eigenvalue weighted by atomic mass is 10.1. The van der Waals surface area contributed by atoms with E-state index in [0.717, 1.165) is 0 Å². The van der Waals surface area contributed by atoms with Crippen molar-refractivity contribution in [2.75, 3.05) is 18.5 Å². The number of thioether (sulfide) groups is 1. The molecule has 0 heterocycles. The van der Waals surface area contributed by atoms with Gasteiger partial charge in [-0.05, 0) is 32.2 Å². The van der Waals surface area contributed by atoms with Gasteiger partial charge in [0, 0.05) is 17.0 Å². The Kier molecular flexibility index (Phi) is 5.20. The average Bonchev–Trinajstić information content (AvgIpc) is 2.31. The molecule has 0 aromatic heterocycles. The highest BCUT2D eigenvalue weighted by Crippen LogP contribution is 2.29. The van der Waals surface area contributed by atoms with E-state index in [9.17, 15) is 4.79 Å². The second-order valence-corrected chi connectivity index (χ2v) is 6.81. The predicted octanol–water partition coefficient (Wildman–Crippen LogP) is 3.45. The van der Waals surface area contributed by atoms with Gasteiger partial charge in [0.25, 0.3) is 5.91 Å². The second-order valence-electron chi connectivity index (χ2n) is 4.51. The standard InChI is InChI=1S/C12H16Cl2N2OS/c1-12(2,18-3)6-16-11(17)8-4-7(15)5-9(13)10(8)14/h4-5H,6,15H2,1-3H3,(H,16,17). The number of halogens is 2. The number of nitrogens with two attached hydrogens (primary N) is 1. The summed E-state index contributed by atoms with van der Waals surface area (Å²) in [6, 6.07) is 3.04. The predicted molar refractivity (Wildman–Crippen MR) is 80.8 cm³/mol. The first kappa shape index (κ1) is 15.5. The number of nitrogen functional groups attached to an aromatic ring is 1. The van der Waals surface area contributed by atoms with E-state index in [1.807, 2.05) is 20.1 Å². The molecule has 0 saturated heterocycles. The molecular weight excluding hydrogens is 291 g/mol. The second kappa shape index (κ2) is 6.04. The van der Waals surface area contributed by atoms with Crippen LogP contribution in [0.25, 0.3) is 0 Å². The molecule has 3 N–H and O–H groups in total. The number of anilines is 1. The number of hydrogen-bond donors (Lipinski definition) is 2. The topological polar surface area (TPSA) is 55.1 Å². The molecule has 0 aliphatic carbocycles. The molecule has 0 unspecified atom stereocenters. The monoisotopic (exact) mass is 306 g/mol. The van der Waals surface area contributed by atoms with Gasteiger partial charge in [-0.1, -0.05) is 23.2 Å². The molecule has 0 saturated carbocycles. The first-order chi connectivity index (χ1) is 8.26. The minimum atomic E-state index is -0.267. The maximum absolute atomic E-state index is 12.0. The van der Waals surface area contributed by atoms with E-state index >= 15 is 0 Å². The summed E-state index contributed by atoms with van der Waals surface area (Å²) < 4.78 is -0.0355. The van der Waals surface area contributed by atoms with Crippen LogP contribution in [0.2, 0.25) is 10.0 Å². The van der Waals surface area contributed by atoms with Gasteiger partial charge in [-0.25, -0.2) is 0 Å². The third-order valence-electron chi connectivity index (χ3n) is 2.52. The van der Waals surface area contributed by atoms with Crippen LogP contribution in [0.3, 0.4) is 0 Å². The molecule has 6 heteroatoms. The van der Waals surface area contributed by atoms with Gasteiger partial charge in [0.15, 0.2) is 0 Å². The Morgan fingerprint density at radius 2 is 2.06 bits per heavy atom. The largest absolute Gasteiger partial charge is 0.399 e. The number of benzene rings is 1. The SMILES string of the molecule is CSC(C)(C)CNC(=O)c1cc(N)cc(Cl)c1Cl. The Hall–Kier alpha value is -0.580. The number of nitrogens with one attached hydrogen (secondary N) is 1. The molecular formula is C12H16Cl2N2OS. The molecule has 0 radical (unpaired) electrons. The number of carbonyl (C=O) groups is 1. The third kappa shape index (κ3) is 3.97. The molecule has 0 fully saturated rings. The molecule has 100 valence electrons. The summed E-state index contributed by atoms with van der Waals surface area (Å²) in [7, 11) is 0. The van der Waals surface area contributed by atoms with Crippen molar-refractivity contribution >= 4 is 46.6 Å². The van der Waals surface area contributed by atoms with E-state index in [0.29, 0.717) is 17.8 Å². The first-order valence-corrected chi connectivity index (χ1v) is 7.33. The fourth-order valence-electron chi connectivity index (χ4n) is 1.24. The van der Waals surface area contributed by atoms with Crippen LogP contribution in [0.15, 0.2) is 12.1 Å². The van der Waals surface area contributed by atoms with E-state index in [1.165, 1.54) is 12.1 Å². The van der Waals surface area contributed by atoms with Crippen LogP contribution in [-0.2, 0) is 0 Å². The maximum atomic E-state index is 12.0.